The van der Waals surface area contributed by atoms with Crippen molar-refractivity contribution < 1.29 is 13.6 Å². The highest BCUT2D eigenvalue weighted by atomic mass is 19.3. The van der Waals surface area contributed by atoms with Crippen molar-refractivity contribution >= 4 is 17.3 Å². The standard InChI is InChI=1S/C19H26F2N4O/c20-19(21)11-17(22-13-19)18(26)23-15-2-1-3-16(10-15)25-8-6-24(7-9-25)12-14-4-5-14/h1-3,10,14,17,22H,4-9,11-13H2,(H,23,26). The Hall–Kier alpha value is -1.73. The van der Waals surface area contributed by atoms with Crippen LogP contribution in [0.15, 0.2) is 24.3 Å². The van der Waals surface area contributed by atoms with Gasteiger partial charge in [0.25, 0.3) is 5.92 Å². The highest BCUT2D eigenvalue weighted by Gasteiger charge is 2.42. The van der Waals surface area contributed by atoms with Gasteiger partial charge in [0.2, 0.25) is 5.91 Å². The van der Waals surface area contributed by atoms with Gasteiger partial charge in [-0.1, -0.05) is 6.07 Å². The topological polar surface area (TPSA) is 47.6 Å². The molecule has 2 heterocycles. The molecule has 3 aliphatic rings. The summed E-state index contributed by atoms with van der Waals surface area (Å²) in [6.45, 7) is 4.86. The summed E-state index contributed by atoms with van der Waals surface area (Å²) in [6, 6.07) is 6.84. The molecule has 7 heteroatoms. The van der Waals surface area contributed by atoms with Crippen molar-refractivity contribution in [3.05, 3.63) is 24.3 Å². The Morgan fingerprint density at radius 2 is 2.00 bits per heavy atom. The van der Waals surface area contributed by atoms with Gasteiger partial charge >= 0.3 is 0 Å². The van der Waals surface area contributed by atoms with Crippen LogP contribution in [-0.4, -0.2) is 62.0 Å². The maximum atomic E-state index is 13.3. The average Bonchev–Trinajstić information content (AvgIpc) is 3.36. The third kappa shape index (κ3) is 4.32. The van der Waals surface area contributed by atoms with Crippen LogP contribution in [0.4, 0.5) is 20.2 Å². The molecule has 1 unspecified atom stereocenters. The molecule has 0 spiro atoms. The van der Waals surface area contributed by atoms with Crippen molar-refractivity contribution in [3.63, 3.8) is 0 Å². The smallest absolute Gasteiger partial charge is 0.262 e. The lowest BCUT2D eigenvalue weighted by molar-refractivity contribution is -0.118. The lowest BCUT2D eigenvalue weighted by Crippen LogP contribution is -2.47. The maximum absolute atomic E-state index is 13.3. The number of benzene rings is 1. The second kappa shape index (κ2) is 7.12. The number of nitrogens with one attached hydrogen (secondary N) is 2. The van der Waals surface area contributed by atoms with Crippen molar-refractivity contribution in [1.82, 2.24) is 10.2 Å². The van der Waals surface area contributed by atoms with E-state index in [0.29, 0.717) is 5.69 Å². The normalized spacial score (nSPS) is 26.1. The third-order valence-corrected chi connectivity index (χ3v) is 5.49. The van der Waals surface area contributed by atoms with Crippen molar-refractivity contribution in [3.8, 4) is 0 Å². The molecule has 2 aliphatic heterocycles. The lowest BCUT2D eigenvalue weighted by Gasteiger charge is -2.36. The number of rotatable bonds is 5. The van der Waals surface area contributed by atoms with Crippen LogP contribution < -0.4 is 15.5 Å². The fourth-order valence-corrected chi connectivity index (χ4v) is 3.76. The summed E-state index contributed by atoms with van der Waals surface area (Å²) in [5.74, 6) is -2.28. The van der Waals surface area contributed by atoms with E-state index in [1.807, 2.05) is 18.2 Å². The fourth-order valence-electron chi connectivity index (χ4n) is 3.76. The summed E-state index contributed by atoms with van der Waals surface area (Å²) in [5.41, 5.74) is 1.73. The molecular weight excluding hydrogens is 338 g/mol. The second-order valence-electron chi connectivity index (χ2n) is 7.76. The molecule has 0 aromatic heterocycles. The van der Waals surface area contributed by atoms with E-state index in [1.54, 1.807) is 6.07 Å². The Balaban J connectivity index is 1.32. The highest BCUT2D eigenvalue weighted by Crippen LogP contribution is 2.30. The molecule has 4 rings (SSSR count). The average molecular weight is 364 g/mol. The van der Waals surface area contributed by atoms with Crippen molar-refractivity contribution in [1.29, 1.82) is 0 Å². The SMILES string of the molecule is O=C(Nc1cccc(N2CCN(CC3CC3)CC2)c1)C1CC(F)(F)CN1. The molecule has 1 saturated carbocycles. The number of halogens is 2. The number of nitrogens with zero attached hydrogens (tertiary/aromatic N) is 2. The number of carbonyl (C=O) groups is 1. The highest BCUT2D eigenvalue weighted by molar-refractivity contribution is 5.95. The van der Waals surface area contributed by atoms with E-state index in [9.17, 15) is 13.6 Å². The maximum Gasteiger partial charge on any atom is 0.262 e. The van der Waals surface area contributed by atoms with Crippen LogP contribution in [0.3, 0.4) is 0 Å². The summed E-state index contributed by atoms with van der Waals surface area (Å²) in [6.07, 6.45) is 2.31. The van der Waals surface area contributed by atoms with E-state index < -0.39 is 30.8 Å². The quantitative estimate of drug-likeness (QED) is 0.841. The van der Waals surface area contributed by atoms with Gasteiger partial charge in [-0.25, -0.2) is 8.78 Å². The molecular formula is C19H26F2N4O. The van der Waals surface area contributed by atoms with Crippen molar-refractivity contribution in [2.24, 2.45) is 5.92 Å². The molecule has 0 radical (unpaired) electrons. The van der Waals surface area contributed by atoms with Crippen LogP contribution in [0.5, 0.6) is 0 Å². The van der Waals surface area contributed by atoms with E-state index in [2.05, 4.69) is 20.4 Å². The first kappa shape index (κ1) is 17.7. The first-order valence-electron chi connectivity index (χ1n) is 9.48. The molecule has 2 saturated heterocycles. The second-order valence-corrected chi connectivity index (χ2v) is 7.76. The van der Waals surface area contributed by atoms with Gasteiger partial charge in [-0.3, -0.25) is 15.0 Å². The zero-order valence-electron chi connectivity index (χ0n) is 14.9. The Bertz CT molecular complexity index is 657. The number of hydrogen-bond donors (Lipinski definition) is 2. The van der Waals surface area contributed by atoms with E-state index in [0.717, 1.165) is 37.8 Å². The molecule has 3 fully saturated rings. The molecule has 0 bridgehead atoms. The third-order valence-electron chi connectivity index (χ3n) is 5.49. The summed E-state index contributed by atoms with van der Waals surface area (Å²) in [5, 5.41) is 5.36. The minimum Gasteiger partial charge on any atom is -0.369 e. The molecule has 1 aromatic carbocycles. The van der Waals surface area contributed by atoms with Gasteiger partial charge in [0, 0.05) is 50.5 Å². The summed E-state index contributed by atoms with van der Waals surface area (Å²) in [4.78, 5) is 17.1. The first-order chi connectivity index (χ1) is 12.5. The van der Waals surface area contributed by atoms with Crippen LogP contribution >= 0.6 is 0 Å². The molecule has 1 aliphatic carbocycles. The summed E-state index contributed by atoms with van der Waals surface area (Å²) in [7, 11) is 0. The largest absolute Gasteiger partial charge is 0.369 e. The Labute approximate surface area is 152 Å². The van der Waals surface area contributed by atoms with Gasteiger partial charge in [-0.15, -0.1) is 0 Å². The molecule has 26 heavy (non-hydrogen) atoms. The molecule has 2 N–H and O–H groups in total. The van der Waals surface area contributed by atoms with Crippen molar-refractivity contribution in [2.45, 2.75) is 31.2 Å². The van der Waals surface area contributed by atoms with E-state index in [4.69, 9.17) is 0 Å². The van der Waals surface area contributed by atoms with E-state index >= 15 is 0 Å². The van der Waals surface area contributed by atoms with Gasteiger partial charge in [-0.2, -0.15) is 0 Å². The van der Waals surface area contributed by atoms with Crippen molar-refractivity contribution in [2.75, 3.05) is 49.5 Å². The molecule has 1 atom stereocenters. The lowest BCUT2D eigenvalue weighted by atomic mass is 10.1. The predicted molar refractivity (Wildman–Crippen MR) is 97.8 cm³/mol. The number of piperazine rings is 1. The van der Waals surface area contributed by atoms with Gasteiger partial charge in [0.05, 0.1) is 12.6 Å². The number of carbonyl (C=O) groups excluding carboxylic acids is 1. The molecule has 5 nitrogen and oxygen atoms in total. The van der Waals surface area contributed by atoms with E-state index in [1.165, 1.54) is 19.4 Å². The number of hydrogen-bond acceptors (Lipinski definition) is 4. The molecule has 142 valence electrons. The number of alkyl halides is 2. The summed E-state index contributed by atoms with van der Waals surface area (Å²) >= 11 is 0. The van der Waals surface area contributed by atoms with E-state index in [-0.39, 0.29) is 0 Å². The Morgan fingerprint density at radius 1 is 1.23 bits per heavy atom. The Kier molecular flexibility index (Phi) is 4.84. The zero-order valence-corrected chi connectivity index (χ0v) is 14.9. The monoisotopic (exact) mass is 364 g/mol. The van der Waals surface area contributed by atoms with Gasteiger partial charge in [0.15, 0.2) is 0 Å². The van der Waals surface area contributed by atoms with Gasteiger partial charge < -0.3 is 10.2 Å². The Morgan fingerprint density at radius 3 is 2.65 bits per heavy atom. The van der Waals surface area contributed by atoms with Crippen LogP contribution in [0, 0.1) is 5.92 Å². The van der Waals surface area contributed by atoms with Gasteiger partial charge in [-0.05, 0) is 37.0 Å². The molecule has 1 aromatic rings. The first-order valence-corrected chi connectivity index (χ1v) is 9.48. The summed E-state index contributed by atoms with van der Waals surface area (Å²) < 4.78 is 26.5. The van der Waals surface area contributed by atoms with Crippen LogP contribution in [0.1, 0.15) is 19.3 Å². The predicted octanol–water partition coefficient (Wildman–Crippen LogP) is 2.15. The molecule has 1 amide bonds. The minimum absolute atomic E-state index is 0.395. The van der Waals surface area contributed by atoms with Gasteiger partial charge in [0.1, 0.15) is 0 Å². The van der Waals surface area contributed by atoms with Crippen LogP contribution in [-0.2, 0) is 4.79 Å². The van der Waals surface area contributed by atoms with Crippen LogP contribution in [0.25, 0.3) is 0 Å². The number of amides is 1. The fraction of sp³-hybridized carbons (Fsp3) is 0.632. The minimum atomic E-state index is -2.80. The van der Waals surface area contributed by atoms with Crippen LogP contribution in [0.2, 0.25) is 0 Å². The zero-order chi connectivity index (χ0) is 18.1. The number of anilines is 2.